The molecule has 144 valence electrons. The van der Waals surface area contributed by atoms with Crippen molar-refractivity contribution in [1.82, 2.24) is 15.2 Å². The van der Waals surface area contributed by atoms with E-state index in [1.54, 1.807) is 12.3 Å². The standard InChI is InChI=1S/C21H19BrFN3OS/c1-2-11-26-20(19(25-21(26)28)16-5-3-4-10-24-16)18-9-8-17(27-18)14-7-6-13(23)12-15(14)22/h3-10,12,19-20H,2,11H2,1H3,(H,25,28). The van der Waals surface area contributed by atoms with Crippen LogP contribution in [-0.4, -0.2) is 21.5 Å². The molecule has 0 radical (unpaired) electrons. The number of aromatic nitrogens is 1. The summed E-state index contributed by atoms with van der Waals surface area (Å²) in [5.41, 5.74) is 1.71. The number of hydrogen-bond donors (Lipinski definition) is 1. The van der Waals surface area contributed by atoms with Crippen LogP contribution in [0.25, 0.3) is 11.3 Å². The monoisotopic (exact) mass is 459 g/mol. The molecule has 0 saturated carbocycles. The van der Waals surface area contributed by atoms with Gasteiger partial charge in [-0.1, -0.05) is 13.0 Å². The van der Waals surface area contributed by atoms with Crippen molar-refractivity contribution in [1.29, 1.82) is 0 Å². The molecule has 0 amide bonds. The van der Waals surface area contributed by atoms with E-state index in [9.17, 15) is 4.39 Å². The Hall–Kier alpha value is -2.25. The van der Waals surface area contributed by atoms with Gasteiger partial charge in [0.2, 0.25) is 0 Å². The van der Waals surface area contributed by atoms with Crippen molar-refractivity contribution in [3.05, 3.63) is 76.5 Å². The van der Waals surface area contributed by atoms with E-state index in [1.165, 1.54) is 12.1 Å². The third-order valence-corrected chi connectivity index (χ3v) is 5.79. The van der Waals surface area contributed by atoms with Gasteiger partial charge in [0.1, 0.15) is 23.4 Å². The SMILES string of the molecule is CCCN1C(=S)NC(c2ccccn2)C1c1ccc(-c2ccc(F)cc2Br)o1. The molecule has 2 atom stereocenters. The van der Waals surface area contributed by atoms with E-state index in [0.29, 0.717) is 15.3 Å². The topological polar surface area (TPSA) is 41.3 Å². The number of nitrogens with zero attached hydrogens (tertiary/aromatic N) is 2. The molecular weight excluding hydrogens is 441 g/mol. The summed E-state index contributed by atoms with van der Waals surface area (Å²) in [6.07, 6.45) is 2.74. The van der Waals surface area contributed by atoms with Gasteiger partial charge in [0.05, 0.1) is 11.7 Å². The highest BCUT2D eigenvalue weighted by atomic mass is 79.9. The highest BCUT2D eigenvalue weighted by molar-refractivity contribution is 9.10. The largest absolute Gasteiger partial charge is 0.459 e. The number of thiocarbonyl (C=S) groups is 1. The van der Waals surface area contributed by atoms with Gasteiger partial charge < -0.3 is 14.6 Å². The molecule has 28 heavy (non-hydrogen) atoms. The average molecular weight is 460 g/mol. The van der Waals surface area contributed by atoms with E-state index in [4.69, 9.17) is 16.6 Å². The highest BCUT2D eigenvalue weighted by Crippen LogP contribution is 2.41. The van der Waals surface area contributed by atoms with E-state index in [2.05, 4.69) is 38.1 Å². The fourth-order valence-electron chi connectivity index (χ4n) is 3.54. The molecule has 4 nitrogen and oxygen atoms in total. The van der Waals surface area contributed by atoms with Crippen LogP contribution in [0.1, 0.15) is 36.9 Å². The number of rotatable bonds is 5. The summed E-state index contributed by atoms with van der Waals surface area (Å²) in [5.74, 6) is 1.18. The first kappa shape index (κ1) is 19.1. The second kappa shape index (κ2) is 8.01. The normalized spacial score (nSPS) is 19.1. The molecule has 4 rings (SSSR count). The minimum atomic E-state index is -0.294. The first-order valence-electron chi connectivity index (χ1n) is 9.11. The van der Waals surface area contributed by atoms with E-state index in [0.717, 1.165) is 30.0 Å². The molecule has 1 N–H and O–H groups in total. The Kier molecular flexibility index (Phi) is 5.46. The zero-order valence-corrected chi connectivity index (χ0v) is 17.6. The van der Waals surface area contributed by atoms with Gasteiger partial charge in [-0.05, 0) is 77.0 Å². The van der Waals surface area contributed by atoms with Gasteiger partial charge in [0.15, 0.2) is 5.11 Å². The Morgan fingerprint density at radius 3 is 2.82 bits per heavy atom. The van der Waals surface area contributed by atoms with Crippen LogP contribution in [-0.2, 0) is 0 Å². The second-order valence-corrected chi connectivity index (χ2v) is 7.89. The molecule has 1 fully saturated rings. The van der Waals surface area contributed by atoms with Crippen LogP contribution in [0.4, 0.5) is 4.39 Å². The number of furan rings is 1. The predicted molar refractivity (Wildman–Crippen MR) is 114 cm³/mol. The Balaban J connectivity index is 1.73. The molecule has 1 aliphatic heterocycles. The maximum absolute atomic E-state index is 13.4. The summed E-state index contributed by atoms with van der Waals surface area (Å²) in [4.78, 5) is 6.66. The Bertz CT molecular complexity index is 994. The summed E-state index contributed by atoms with van der Waals surface area (Å²) in [6, 6.07) is 14.1. The molecule has 7 heteroatoms. The zero-order chi connectivity index (χ0) is 19.7. The number of halogens is 2. The highest BCUT2D eigenvalue weighted by Gasteiger charge is 2.41. The first-order chi connectivity index (χ1) is 13.6. The summed E-state index contributed by atoms with van der Waals surface area (Å²) in [5, 5.41) is 4.10. The Labute approximate surface area is 176 Å². The number of hydrogen-bond acceptors (Lipinski definition) is 3. The van der Waals surface area contributed by atoms with Gasteiger partial charge in [-0.2, -0.15) is 0 Å². The van der Waals surface area contributed by atoms with Crippen LogP contribution >= 0.6 is 28.1 Å². The van der Waals surface area contributed by atoms with Gasteiger partial charge in [-0.3, -0.25) is 4.98 Å². The minimum Gasteiger partial charge on any atom is -0.459 e. The molecule has 2 unspecified atom stereocenters. The van der Waals surface area contributed by atoms with Crippen LogP contribution in [0.5, 0.6) is 0 Å². The van der Waals surface area contributed by atoms with Crippen molar-refractivity contribution in [2.75, 3.05) is 6.54 Å². The van der Waals surface area contributed by atoms with Crippen molar-refractivity contribution in [3.63, 3.8) is 0 Å². The van der Waals surface area contributed by atoms with Gasteiger partial charge >= 0.3 is 0 Å². The Morgan fingerprint density at radius 2 is 2.11 bits per heavy atom. The molecular formula is C21H19BrFN3OS. The lowest BCUT2D eigenvalue weighted by Gasteiger charge is -2.25. The maximum Gasteiger partial charge on any atom is 0.170 e. The first-order valence-corrected chi connectivity index (χ1v) is 10.3. The van der Waals surface area contributed by atoms with Crippen molar-refractivity contribution < 1.29 is 8.81 Å². The van der Waals surface area contributed by atoms with Crippen LogP contribution in [0, 0.1) is 5.82 Å². The summed E-state index contributed by atoms with van der Waals surface area (Å²) >= 11 is 9.01. The molecule has 1 saturated heterocycles. The van der Waals surface area contributed by atoms with Crippen LogP contribution in [0.3, 0.4) is 0 Å². The second-order valence-electron chi connectivity index (χ2n) is 6.65. The fraction of sp³-hybridized carbons (Fsp3) is 0.238. The molecule has 3 aromatic rings. The summed E-state index contributed by atoms with van der Waals surface area (Å²) in [7, 11) is 0. The minimum absolute atomic E-state index is 0.101. The molecule has 0 bridgehead atoms. The quantitative estimate of drug-likeness (QED) is 0.501. The lowest BCUT2D eigenvalue weighted by molar-refractivity contribution is 0.275. The number of pyridine rings is 1. The zero-order valence-electron chi connectivity index (χ0n) is 15.2. The maximum atomic E-state index is 13.4. The van der Waals surface area contributed by atoms with E-state index >= 15 is 0 Å². The summed E-state index contributed by atoms with van der Waals surface area (Å²) in [6.45, 7) is 2.94. The lowest BCUT2D eigenvalue weighted by atomic mass is 10.0. The number of benzene rings is 1. The van der Waals surface area contributed by atoms with Gasteiger partial charge in [0.25, 0.3) is 0 Å². The predicted octanol–water partition coefficient (Wildman–Crippen LogP) is 5.63. The summed E-state index contributed by atoms with van der Waals surface area (Å²) < 4.78 is 20.3. The molecule has 0 spiro atoms. The molecule has 0 aliphatic carbocycles. The van der Waals surface area contributed by atoms with Crippen LogP contribution < -0.4 is 5.32 Å². The van der Waals surface area contributed by atoms with Crippen LogP contribution in [0.2, 0.25) is 0 Å². The fourth-order valence-corrected chi connectivity index (χ4v) is 4.42. The van der Waals surface area contributed by atoms with E-state index in [-0.39, 0.29) is 17.9 Å². The van der Waals surface area contributed by atoms with E-state index in [1.807, 2.05) is 30.3 Å². The molecule has 3 heterocycles. The van der Waals surface area contributed by atoms with Crippen molar-refractivity contribution in [2.24, 2.45) is 0 Å². The van der Waals surface area contributed by atoms with E-state index < -0.39 is 0 Å². The third-order valence-electron chi connectivity index (χ3n) is 4.78. The Morgan fingerprint density at radius 1 is 1.25 bits per heavy atom. The molecule has 1 aromatic carbocycles. The lowest BCUT2D eigenvalue weighted by Crippen LogP contribution is -2.30. The van der Waals surface area contributed by atoms with Crippen molar-refractivity contribution >= 4 is 33.3 Å². The van der Waals surface area contributed by atoms with Crippen molar-refractivity contribution in [2.45, 2.75) is 25.4 Å². The van der Waals surface area contributed by atoms with Gasteiger partial charge in [0, 0.05) is 22.8 Å². The molecule has 2 aromatic heterocycles. The third kappa shape index (κ3) is 3.56. The van der Waals surface area contributed by atoms with Crippen molar-refractivity contribution in [3.8, 4) is 11.3 Å². The smallest absolute Gasteiger partial charge is 0.170 e. The van der Waals surface area contributed by atoms with Gasteiger partial charge in [-0.15, -0.1) is 0 Å². The van der Waals surface area contributed by atoms with Gasteiger partial charge in [-0.25, -0.2) is 4.39 Å². The van der Waals surface area contributed by atoms with Crippen LogP contribution in [0.15, 0.2) is 63.6 Å². The molecule has 1 aliphatic rings. The average Bonchev–Trinajstić information content (AvgIpc) is 3.28. The number of nitrogens with one attached hydrogen (secondary N) is 1.